The Morgan fingerprint density at radius 3 is 2.90 bits per heavy atom. The third-order valence-corrected chi connectivity index (χ3v) is 3.31. The van der Waals surface area contributed by atoms with Crippen LogP contribution in [0, 0.1) is 0 Å². The lowest BCUT2D eigenvalue weighted by Gasteiger charge is -2.17. The van der Waals surface area contributed by atoms with Crippen molar-refractivity contribution in [3.8, 4) is 0 Å². The summed E-state index contributed by atoms with van der Waals surface area (Å²) in [6, 6.07) is 5.18. The van der Waals surface area contributed by atoms with Gasteiger partial charge in [-0.15, -0.1) is 0 Å². The number of cyclic esters (lactones) is 1. The van der Waals surface area contributed by atoms with Crippen LogP contribution in [0.1, 0.15) is 25.3 Å². The van der Waals surface area contributed by atoms with Crippen LogP contribution in [0.4, 0.5) is 5.69 Å². The molecule has 0 saturated heterocycles. The number of nitrogens with one attached hydrogen (secondary N) is 1. The van der Waals surface area contributed by atoms with E-state index in [1.807, 2.05) is 0 Å². The fraction of sp³-hybridized carbons (Fsp3) is 0.333. The van der Waals surface area contributed by atoms with E-state index in [0.717, 1.165) is 5.56 Å². The van der Waals surface area contributed by atoms with Gasteiger partial charge >= 0.3 is 11.9 Å². The number of carbonyl (C=O) groups is 2. The lowest BCUT2D eigenvalue weighted by Crippen LogP contribution is -2.15. The molecule has 6 heteroatoms. The van der Waals surface area contributed by atoms with Crippen LogP contribution in [0.2, 0.25) is 5.02 Å². The molecule has 0 fully saturated rings. The molecule has 0 amide bonds. The normalized spacial score (nSPS) is 15.2. The molecule has 0 radical (unpaired) electrons. The molecule has 1 N–H and O–H groups in total. The molecule has 1 aliphatic heterocycles. The molecular formula is C15H16ClNO4. The number of benzene rings is 1. The minimum atomic E-state index is -0.441. The Labute approximate surface area is 127 Å². The second-order valence-electron chi connectivity index (χ2n) is 4.61. The van der Waals surface area contributed by atoms with Gasteiger partial charge in [0.05, 0.1) is 18.2 Å². The monoisotopic (exact) mass is 309 g/mol. The van der Waals surface area contributed by atoms with Crippen LogP contribution in [-0.4, -0.2) is 25.2 Å². The van der Waals surface area contributed by atoms with Crippen molar-refractivity contribution in [3.63, 3.8) is 0 Å². The van der Waals surface area contributed by atoms with Gasteiger partial charge in [0.2, 0.25) is 0 Å². The molecule has 5 nitrogen and oxygen atoms in total. The quantitative estimate of drug-likeness (QED) is 0.847. The minimum absolute atomic E-state index is 0.179. The highest BCUT2D eigenvalue weighted by Gasteiger charge is 2.21. The van der Waals surface area contributed by atoms with Crippen molar-refractivity contribution in [2.24, 2.45) is 0 Å². The van der Waals surface area contributed by atoms with E-state index < -0.39 is 5.92 Å². The molecule has 1 unspecified atom stereocenters. The number of rotatable bonds is 5. The smallest absolute Gasteiger partial charge is 0.333 e. The summed E-state index contributed by atoms with van der Waals surface area (Å²) in [6.07, 6.45) is 1.37. The lowest BCUT2D eigenvalue weighted by atomic mass is 9.99. The summed E-state index contributed by atoms with van der Waals surface area (Å²) >= 11 is 6.00. The lowest BCUT2D eigenvalue weighted by molar-refractivity contribution is -0.144. The van der Waals surface area contributed by atoms with E-state index in [9.17, 15) is 9.59 Å². The highest BCUT2D eigenvalue weighted by Crippen LogP contribution is 2.30. The van der Waals surface area contributed by atoms with Gasteiger partial charge in [0.1, 0.15) is 6.61 Å². The van der Waals surface area contributed by atoms with E-state index in [0.29, 0.717) is 23.0 Å². The maximum atomic E-state index is 11.9. The number of carbonyl (C=O) groups excluding carboxylic acids is 2. The van der Waals surface area contributed by atoms with Crippen molar-refractivity contribution in [1.29, 1.82) is 0 Å². The SMILES string of the molecule is CCOC(=O)C(C)c1ccc(Cl)cc1NC1=CC(=O)OC1. The Hall–Kier alpha value is -2.01. The van der Waals surface area contributed by atoms with Crippen molar-refractivity contribution < 1.29 is 19.1 Å². The number of esters is 2. The van der Waals surface area contributed by atoms with Crippen LogP contribution in [0.15, 0.2) is 30.0 Å². The van der Waals surface area contributed by atoms with Gasteiger partial charge in [0, 0.05) is 16.8 Å². The predicted octanol–water partition coefficient (Wildman–Crippen LogP) is 2.86. The summed E-state index contributed by atoms with van der Waals surface area (Å²) in [7, 11) is 0. The zero-order valence-corrected chi connectivity index (χ0v) is 12.6. The predicted molar refractivity (Wildman–Crippen MR) is 79.2 cm³/mol. The van der Waals surface area contributed by atoms with Crippen LogP contribution in [0.5, 0.6) is 0 Å². The van der Waals surface area contributed by atoms with E-state index in [-0.39, 0.29) is 18.5 Å². The molecular weight excluding hydrogens is 294 g/mol. The van der Waals surface area contributed by atoms with Crippen molar-refractivity contribution in [1.82, 2.24) is 0 Å². The molecule has 112 valence electrons. The van der Waals surface area contributed by atoms with Crippen LogP contribution >= 0.6 is 11.6 Å². The first-order chi connectivity index (χ1) is 10.0. The standard InChI is InChI=1S/C15H16ClNO4/c1-3-20-15(19)9(2)12-5-4-10(16)6-13(12)17-11-7-14(18)21-8-11/h4-7,9,17H,3,8H2,1-2H3. The highest BCUT2D eigenvalue weighted by molar-refractivity contribution is 6.30. The molecule has 1 atom stereocenters. The van der Waals surface area contributed by atoms with E-state index >= 15 is 0 Å². The average molecular weight is 310 g/mol. The molecule has 0 aromatic heterocycles. The Morgan fingerprint density at radius 2 is 2.29 bits per heavy atom. The molecule has 1 aliphatic rings. The fourth-order valence-corrected chi connectivity index (χ4v) is 2.20. The Morgan fingerprint density at radius 1 is 1.52 bits per heavy atom. The maximum Gasteiger partial charge on any atom is 0.333 e. The van der Waals surface area contributed by atoms with Crippen molar-refractivity contribution in [2.75, 3.05) is 18.5 Å². The van der Waals surface area contributed by atoms with E-state index in [1.165, 1.54) is 6.08 Å². The van der Waals surface area contributed by atoms with Gasteiger partial charge in [-0.25, -0.2) is 4.79 Å². The largest absolute Gasteiger partial charge is 0.466 e. The van der Waals surface area contributed by atoms with Gasteiger partial charge in [-0.2, -0.15) is 0 Å². The Balaban J connectivity index is 2.27. The Bertz CT molecular complexity index is 597. The summed E-state index contributed by atoms with van der Waals surface area (Å²) in [5.74, 6) is -1.14. The minimum Gasteiger partial charge on any atom is -0.466 e. The Kier molecular flexibility index (Phi) is 4.85. The number of anilines is 1. The third-order valence-electron chi connectivity index (χ3n) is 3.08. The molecule has 0 aliphatic carbocycles. The van der Waals surface area contributed by atoms with Crippen molar-refractivity contribution in [3.05, 3.63) is 40.6 Å². The molecule has 1 heterocycles. The molecule has 1 aromatic carbocycles. The highest BCUT2D eigenvalue weighted by atomic mass is 35.5. The van der Waals surface area contributed by atoms with Crippen LogP contribution in [0.25, 0.3) is 0 Å². The van der Waals surface area contributed by atoms with Gasteiger partial charge in [0.15, 0.2) is 0 Å². The van der Waals surface area contributed by atoms with Gasteiger partial charge in [-0.05, 0) is 31.5 Å². The zero-order valence-electron chi connectivity index (χ0n) is 11.8. The summed E-state index contributed by atoms with van der Waals surface area (Å²) in [4.78, 5) is 23.0. The van der Waals surface area contributed by atoms with E-state index in [4.69, 9.17) is 21.1 Å². The van der Waals surface area contributed by atoms with Gasteiger partial charge in [-0.1, -0.05) is 17.7 Å². The number of hydrogen-bond donors (Lipinski definition) is 1. The van der Waals surface area contributed by atoms with Crippen LogP contribution < -0.4 is 5.32 Å². The molecule has 0 bridgehead atoms. The first kappa shape index (κ1) is 15.4. The fourth-order valence-electron chi connectivity index (χ4n) is 2.03. The average Bonchev–Trinajstić information content (AvgIpc) is 2.84. The molecule has 21 heavy (non-hydrogen) atoms. The summed E-state index contributed by atoms with van der Waals surface area (Å²) < 4.78 is 9.87. The van der Waals surface area contributed by atoms with Crippen molar-refractivity contribution in [2.45, 2.75) is 19.8 Å². The number of halogens is 1. The number of ether oxygens (including phenoxy) is 2. The van der Waals surface area contributed by atoms with Gasteiger partial charge in [-0.3, -0.25) is 4.79 Å². The number of hydrogen-bond acceptors (Lipinski definition) is 5. The van der Waals surface area contributed by atoms with Gasteiger partial charge in [0.25, 0.3) is 0 Å². The molecule has 0 spiro atoms. The second kappa shape index (κ2) is 6.63. The zero-order chi connectivity index (χ0) is 15.4. The molecule has 0 saturated carbocycles. The van der Waals surface area contributed by atoms with Gasteiger partial charge < -0.3 is 14.8 Å². The first-order valence-electron chi connectivity index (χ1n) is 6.61. The maximum absolute atomic E-state index is 11.9. The van der Waals surface area contributed by atoms with Crippen molar-refractivity contribution >= 4 is 29.2 Å². The first-order valence-corrected chi connectivity index (χ1v) is 6.99. The summed E-state index contributed by atoms with van der Waals surface area (Å²) in [5, 5.41) is 3.61. The topological polar surface area (TPSA) is 64.6 Å². The summed E-state index contributed by atoms with van der Waals surface area (Å²) in [6.45, 7) is 4.03. The summed E-state index contributed by atoms with van der Waals surface area (Å²) in [5.41, 5.74) is 2.03. The van der Waals surface area contributed by atoms with E-state index in [2.05, 4.69) is 5.32 Å². The molecule has 2 rings (SSSR count). The van der Waals surface area contributed by atoms with E-state index in [1.54, 1.807) is 32.0 Å². The van der Waals surface area contributed by atoms with Crippen LogP contribution in [-0.2, 0) is 19.1 Å². The molecule has 1 aromatic rings. The van der Waals surface area contributed by atoms with Crippen LogP contribution in [0.3, 0.4) is 0 Å². The third kappa shape index (κ3) is 3.76. The second-order valence-corrected chi connectivity index (χ2v) is 5.04.